The Morgan fingerprint density at radius 1 is 1.06 bits per heavy atom. The maximum atomic E-state index is 13.6. The van der Waals surface area contributed by atoms with Crippen LogP contribution in [0.1, 0.15) is 12.6 Å². The van der Waals surface area contributed by atoms with E-state index in [0.717, 1.165) is 15.5 Å². The van der Waals surface area contributed by atoms with E-state index in [1.54, 1.807) is 35.9 Å². The molecule has 0 spiro atoms. The van der Waals surface area contributed by atoms with Gasteiger partial charge in [-0.05, 0) is 68.4 Å². The van der Waals surface area contributed by atoms with Crippen molar-refractivity contribution in [1.29, 1.82) is 0 Å². The van der Waals surface area contributed by atoms with E-state index in [1.165, 1.54) is 24.3 Å². The van der Waals surface area contributed by atoms with E-state index >= 15 is 0 Å². The SMILES string of the molecule is CCOP(=O)(O)CN(c1ccc2c(ccn2-c2ccc(C)nn2)c1)S(=O)(=O)c1cc(Cl)cc(Cl)c1. The Balaban J connectivity index is 1.83. The molecule has 0 aliphatic heterocycles. The lowest BCUT2D eigenvalue weighted by Crippen LogP contribution is -2.32. The van der Waals surface area contributed by atoms with E-state index in [0.29, 0.717) is 11.2 Å². The summed E-state index contributed by atoms with van der Waals surface area (Å²) < 4.78 is 47.5. The molecule has 0 aliphatic carbocycles. The molecule has 1 N–H and O–H groups in total. The molecule has 0 aliphatic rings. The van der Waals surface area contributed by atoms with Crippen LogP contribution in [0.4, 0.5) is 5.69 Å². The third kappa shape index (κ3) is 5.53. The zero-order valence-corrected chi connectivity index (χ0v) is 21.9. The summed E-state index contributed by atoms with van der Waals surface area (Å²) in [4.78, 5) is 10.1. The van der Waals surface area contributed by atoms with Crippen molar-refractivity contribution < 1.29 is 22.4 Å². The molecule has 0 radical (unpaired) electrons. The molecule has 13 heteroatoms. The number of aromatic nitrogens is 3. The van der Waals surface area contributed by atoms with E-state index in [4.69, 9.17) is 27.7 Å². The van der Waals surface area contributed by atoms with Crippen molar-refractivity contribution >= 4 is 57.4 Å². The molecule has 2 heterocycles. The number of benzene rings is 2. The third-order valence-corrected chi connectivity index (χ3v) is 8.74. The zero-order chi connectivity index (χ0) is 25.4. The number of nitrogens with zero attached hydrogens (tertiary/aromatic N) is 4. The van der Waals surface area contributed by atoms with Crippen LogP contribution in [0.2, 0.25) is 10.0 Å². The fourth-order valence-corrected chi connectivity index (χ4v) is 7.38. The Morgan fingerprint density at radius 3 is 2.40 bits per heavy atom. The van der Waals surface area contributed by atoms with Gasteiger partial charge >= 0.3 is 7.60 Å². The number of aryl methyl sites for hydroxylation is 1. The van der Waals surface area contributed by atoms with Gasteiger partial charge in [-0.3, -0.25) is 13.4 Å². The Hall–Kier alpha value is -2.46. The molecule has 2 aromatic carbocycles. The van der Waals surface area contributed by atoms with Gasteiger partial charge in [0.25, 0.3) is 10.0 Å². The van der Waals surface area contributed by atoms with Crippen molar-refractivity contribution in [3.05, 3.63) is 76.5 Å². The highest BCUT2D eigenvalue weighted by atomic mass is 35.5. The van der Waals surface area contributed by atoms with E-state index in [9.17, 15) is 17.9 Å². The minimum atomic E-state index is -4.35. The maximum Gasteiger partial charge on any atom is 0.348 e. The first-order valence-electron chi connectivity index (χ1n) is 10.4. The Morgan fingerprint density at radius 2 is 1.77 bits per heavy atom. The highest BCUT2D eigenvalue weighted by Crippen LogP contribution is 2.45. The molecule has 2 aromatic heterocycles. The standard InChI is InChI=1S/C22H21Cl2N4O5PS/c1-3-33-34(29,30)14-28(35(31,32)20-12-17(23)11-18(24)13-20)19-5-6-21-16(10-19)8-9-27(21)22-7-4-15(2)25-26-22/h4-13H,3,14H2,1-2H3,(H,29,30). The average molecular weight is 555 g/mol. The van der Waals surface area contributed by atoms with Crippen LogP contribution in [0.3, 0.4) is 0 Å². The van der Waals surface area contributed by atoms with Gasteiger partial charge in [0.05, 0.1) is 28.4 Å². The lowest BCUT2D eigenvalue weighted by atomic mass is 10.2. The van der Waals surface area contributed by atoms with Crippen LogP contribution in [-0.2, 0) is 19.1 Å². The Labute approximate surface area is 212 Å². The minimum absolute atomic E-state index is 0.0653. The molecule has 4 aromatic rings. The van der Waals surface area contributed by atoms with Gasteiger partial charge in [-0.15, -0.1) is 5.10 Å². The normalized spacial score (nSPS) is 13.6. The molecular weight excluding hydrogens is 534 g/mol. The first-order chi connectivity index (χ1) is 16.5. The van der Waals surface area contributed by atoms with Crippen LogP contribution in [0, 0.1) is 6.92 Å². The predicted molar refractivity (Wildman–Crippen MR) is 136 cm³/mol. The summed E-state index contributed by atoms with van der Waals surface area (Å²) in [6, 6.07) is 14.1. The van der Waals surface area contributed by atoms with Gasteiger partial charge in [-0.25, -0.2) is 8.42 Å². The van der Waals surface area contributed by atoms with Gasteiger partial charge in [0.1, 0.15) is 6.29 Å². The summed E-state index contributed by atoms with van der Waals surface area (Å²) in [6.07, 6.45) is 0.976. The van der Waals surface area contributed by atoms with Crippen LogP contribution in [0.25, 0.3) is 16.7 Å². The van der Waals surface area contributed by atoms with Crippen LogP contribution in [0.15, 0.2) is 65.7 Å². The summed E-state index contributed by atoms with van der Waals surface area (Å²) >= 11 is 12.1. The molecule has 4 rings (SSSR count). The molecule has 1 unspecified atom stereocenters. The molecule has 184 valence electrons. The highest BCUT2D eigenvalue weighted by molar-refractivity contribution is 7.93. The van der Waals surface area contributed by atoms with Crippen LogP contribution in [0.5, 0.6) is 0 Å². The lowest BCUT2D eigenvalue weighted by Gasteiger charge is -2.26. The molecule has 35 heavy (non-hydrogen) atoms. The monoisotopic (exact) mass is 554 g/mol. The lowest BCUT2D eigenvalue weighted by molar-refractivity contribution is 0.274. The summed E-state index contributed by atoms with van der Waals surface area (Å²) in [5.41, 5.74) is 1.68. The first kappa shape index (κ1) is 25.6. The number of fused-ring (bicyclic) bond motifs is 1. The summed E-state index contributed by atoms with van der Waals surface area (Å²) in [5, 5.41) is 9.16. The van der Waals surface area contributed by atoms with Gasteiger partial charge in [0.2, 0.25) is 0 Å². The smallest absolute Gasteiger partial charge is 0.323 e. The molecule has 0 saturated heterocycles. The number of hydrogen-bond donors (Lipinski definition) is 1. The minimum Gasteiger partial charge on any atom is -0.323 e. The number of hydrogen-bond acceptors (Lipinski definition) is 6. The van der Waals surface area contributed by atoms with Gasteiger partial charge < -0.3 is 9.42 Å². The maximum absolute atomic E-state index is 13.6. The van der Waals surface area contributed by atoms with Crippen LogP contribution < -0.4 is 4.31 Å². The van der Waals surface area contributed by atoms with Crippen molar-refractivity contribution in [2.45, 2.75) is 18.7 Å². The first-order valence-corrected chi connectivity index (χ1v) is 14.3. The van der Waals surface area contributed by atoms with E-state index in [-0.39, 0.29) is 27.2 Å². The Kier molecular flexibility index (Phi) is 7.24. The molecule has 1 atom stereocenters. The molecule has 9 nitrogen and oxygen atoms in total. The third-order valence-electron chi connectivity index (χ3n) is 5.05. The summed E-state index contributed by atoms with van der Waals surface area (Å²) in [7, 11) is -8.65. The quantitative estimate of drug-likeness (QED) is 0.289. The van der Waals surface area contributed by atoms with Gasteiger partial charge in [-0.2, -0.15) is 5.10 Å². The average Bonchev–Trinajstić information content (AvgIpc) is 3.20. The topological polar surface area (TPSA) is 115 Å². The number of sulfonamides is 1. The van der Waals surface area contributed by atoms with Crippen molar-refractivity contribution in [3.8, 4) is 5.82 Å². The molecule has 0 fully saturated rings. The number of halogens is 2. The second-order valence-corrected chi connectivity index (χ2v) is 12.2. The van der Waals surface area contributed by atoms with Crippen molar-refractivity contribution in [2.75, 3.05) is 17.2 Å². The molecule has 0 saturated carbocycles. The van der Waals surface area contributed by atoms with Crippen LogP contribution in [-0.4, -0.2) is 41.0 Å². The Bertz CT molecular complexity index is 1520. The molecule has 0 amide bonds. The second kappa shape index (κ2) is 9.89. The van der Waals surface area contributed by atoms with Crippen molar-refractivity contribution in [2.24, 2.45) is 0 Å². The van der Waals surface area contributed by atoms with Crippen molar-refractivity contribution in [3.63, 3.8) is 0 Å². The van der Waals surface area contributed by atoms with Crippen LogP contribution >= 0.6 is 30.8 Å². The number of rotatable bonds is 8. The number of anilines is 1. The summed E-state index contributed by atoms with van der Waals surface area (Å²) in [6.45, 7) is 3.31. The largest absolute Gasteiger partial charge is 0.348 e. The van der Waals surface area contributed by atoms with E-state index in [1.807, 2.05) is 19.1 Å². The fraction of sp³-hybridized carbons (Fsp3) is 0.182. The van der Waals surface area contributed by atoms with Crippen molar-refractivity contribution in [1.82, 2.24) is 14.8 Å². The fourth-order valence-electron chi connectivity index (χ4n) is 3.51. The highest BCUT2D eigenvalue weighted by Gasteiger charge is 2.33. The van der Waals surface area contributed by atoms with Gasteiger partial charge in [-0.1, -0.05) is 23.2 Å². The predicted octanol–water partition coefficient (Wildman–Crippen LogP) is 5.41. The molecule has 0 bridgehead atoms. The van der Waals surface area contributed by atoms with E-state index in [2.05, 4.69) is 10.2 Å². The summed E-state index contributed by atoms with van der Waals surface area (Å²) in [5.74, 6) is 0.590. The van der Waals surface area contributed by atoms with Gasteiger partial charge in [0.15, 0.2) is 5.82 Å². The zero-order valence-electron chi connectivity index (χ0n) is 18.7. The molecular formula is C22H21Cl2N4O5PS. The van der Waals surface area contributed by atoms with E-state index < -0.39 is 23.9 Å². The second-order valence-electron chi connectivity index (χ2n) is 7.62. The van der Waals surface area contributed by atoms with Gasteiger partial charge in [0, 0.05) is 21.6 Å².